The zero-order chi connectivity index (χ0) is 26.7. The summed E-state index contributed by atoms with van der Waals surface area (Å²) >= 11 is 0. The Balaban J connectivity index is 1.54. The summed E-state index contributed by atoms with van der Waals surface area (Å²) in [4.78, 5) is 16.1. The smallest absolute Gasteiger partial charge is 0.417 e. The van der Waals surface area contributed by atoms with Gasteiger partial charge in [-0.25, -0.2) is 0 Å². The van der Waals surface area contributed by atoms with Crippen LogP contribution >= 0.6 is 0 Å². The summed E-state index contributed by atoms with van der Waals surface area (Å²) < 4.78 is 50.7. The second kappa shape index (κ2) is 10.6. The molecular formula is C28H26F3N3O3. The van der Waals surface area contributed by atoms with Crippen LogP contribution in [0.4, 0.5) is 13.2 Å². The first kappa shape index (κ1) is 26.1. The van der Waals surface area contributed by atoms with E-state index in [0.717, 1.165) is 17.2 Å². The predicted molar refractivity (Wildman–Crippen MR) is 133 cm³/mol. The van der Waals surface area contributed by atoms with Crippen molar-refractivity contribution in [2.75, 3.05) is 7.11 Å². The molecule has 1 aromatic heterocycles. The minimum absolute atomic E-state index is 0.0899. The molecule has 2 atom stereocenters. The number of aryl methyl sites for hydroxylation is 1. The van der Waals surface area contributed by atoms with E-state index in [1.165, 1.54) is 19.2 Å². The fourth-order valence-corrected chi connectivity index (χ4v) is 4.16. The number of carbonyl (C=O) groups excluding carboxylic acids is 1. The molecule has 192 valence electrons. The van der Waals surface area contributed by atoms with E-state index < -0.39 is 17.8 Å². The number of esters is 1. The average molecular weight is 510 g/mol. The van der Waals surface area contributed by atoms with Crippen LogP contribution in [0.25, 0.3) is 34.0 Å². The van der Waals surface area contributed by atoms with E-state index in [0.29, 0.717) is 22.5 Å². The molecule has 0 saturated carbocycles. The van der Waals surface area contributed by atoms with Gasteiger partial charge in [0.1, 0.15) is 6.04 Å². The van der Waals surface area contributed by atoms with Crippen LogP contribution < -0.4 is 5.32 Å². The molecule has 0 saturated heterocycles. The van der Waals surface area contributed by atoms with Crippen molar-refractivity contribution in [3.05, 3.63) is 83.4 Å². The van der Waals surface area contributed by atoms with E-state index >= 15 is 0 Å². The van der Waals surface area contributed by atoms with E-state index in [9.17, 15) is 18.0 Å². The number of methoxy groups -OCH3 is 1. The third kappa shape index (κ3) is 5.72. The molecule has 0 bridgehead atoms. The van der Waals surface area contributed by atoms with Crippen molar-refractivity contribution in [3.8, 4) is 34.0 Å². The van der Waals surface area contributed by atoms with Gasteiger partial charge in [-0.2, -0.15) is 18.2 Å². The van der Waals surface area contributed by atoms with Crippen molar-refractivity contribution in [3.63, 3.8) is 0 Å². The number of nitrogens with one attached hydrogen (secondary N) is 1. The maximum absolute atomic E-state index is 13.5. The van der Waals surface area contributed by atoms with Gasteiger partial charge in [0, 0.05) is 17.2 Å². The molecule has 0 aliphatic rings. The van der Waals surface area contributed by atoms with Gasteiger partial charge in [-0.1, -0.05) is 53.7 Å². The number of carbonyl (C=O) groups is 1. The Hall–Kier alpha value is -3.98. The first-order valence-corrected chi connectivity index (χ1v) is 11.6. The van der Waals surface area contributed by atoms with Crippen molar-refractivity contribution >= 4 is 5.97 Å². The molecule has 9 heteroatoms. The molecule has 0 spiro atoms. The highest BCUT2D eigenvalue weighted by Crippen LogP contribution is 2.38. The minimum Gasteiger partial charge on any atom is -0.468 e. The second-order valence-corrected chi connectivity index (χ2v) is 8.75. The van der Waals surface area contributed by atoms with Gasteiger partial charge >= 0.3 is 12.1 Å². The molecule has 0 fully saturated rings. The third-order valence-corrected chi connectivity index (χ3v) is 6.15. The maximum Gasteiger partial charge on any atom is 0.417 e. The molecular weight excluding hydrogens is 483 g/mol. The maximum atomic E-state index is 13.5. The van der Waals surface area contributed by atoms with Crippen LogP contribution in [-0.4, -0.2) is 29.3 Å². The number of hydrogen-bond acceptors (Lipinski definition) is 6. The summed E-state index contributed by atoms with van der Waals surface area (Å²) in [5.41, 5.74) is 2.88. The van der Waals surface area contributed by atoms with Crippen molar-refractivity contribution in [1.82, 2.24) is 15.5 Å². The Morgan fingerprint density at radius 2 is 1.65 bits per heavy atom. The number of alkyl halides is 3. The monoisotopic (exact) mass is 509 g/mol. The molecule has 4 aromatic rings. The van der Waals surface area contributed by atoms with Gasteiger partial charge in [-0.3, -0.25) is 10.1 Å². The molecule has 0 unspecified atom stereocenters. The third-order valence-electron chi connectivity index (χ3n) is 6.15. The summed E-state index contributed by atoms with van der Waals surface area (Å²) in [5.74, 6) is 0.310. The van der Waals surface area contributed by atoms with Crippen molar-refractivity contribution in [2.24, 2.45) is 0 Å². The lowest BCUT2D eigenvalue weighted by molar-refractivity contribution is -0.142. The molecule has 1 heterocycles. The summed E-state index contributed by atoms with van der Waals surface area (Å²) in [6, 6.07) is 17.5. The Morgan fingerprint density at radius 3 is 2.30 bits per heavy atom. The second-order valence-electron chi connectivity index (χ2n) is 8.75. The SMILES string of the molecule is COC(=O)[C@@H](C)N[C@@H](C)c1ccc(-c2noc(-c3ccc(-c4ccccc4C(F)(F)F)c(C)c3)n2)cc1. The zero-order valence-corrected chi connectivity index (χ0v) is 20.8. The summed E-state index contributed by atoms with van der Waals surface area (Å²) in [7, 11) is 1.35. The molecule has 0 aliphatic heterocycles. The van der Waals surface area contributed by atoms with Crippen LogP contribution in [0.2, 0.25) is 0 Å². The molecule has 1 N–H and O–H groups in total. The quantitative estimate of drug-likeness (QED) is 0.283. The number of aromatic nitrogens is 2. The number of hydrogen-bond donors (Lipinski definition) is 1. The van der Waals surface area contributed by atoms with Crippen LogP contribution in [-0.2, 0) is 15.7 Å². The number of nitrogens with zero attached hydrogens (tertiary/aromatic N) is 2. The highest BCUT2D eigenvalue weighted by atomic mass is 19.4. The molecule has 3 aromatic carbocycles. The van der Waals surface area contributed by atoms with Gasteiger partial charge in [0.2, 0.25) is 5.82 Å². The molecule has 6 nitrogen and oxygen atoms in total. The summed E-state index contributed by atoms with van der Waals surface area (Å²) in [5, 5.41) is 7.24. The fourth-order valence-electron chi connectivity index (χ4n) is 4.16. The van der Waals surface area contributed by atoms with E-state index in [1.54, 1.807) is 38.1 Å². The lowest BCUT2D eigenvalue weighted by atomic mass is 9.94. The number of halogens is 3. The van der Waals surface area contributed by atoms with E-state index in [2.05, 4.69) is 15.5 Å². The van der Waals surface area contributed by atoms with Crippen molar-refractivity contribution in [1.29, 1.82) is 0 Å². The van der Waals surface area contributed by atoms with Crippen LogP contribution in [0, 0.1) is 6.92 Å². The van der Waals surface area contributed by atoms with Gasteiger partial charge in [0.05, 0.1) is 12.7 Å². The van der Waals surface area contributed by atoms with Crippen LogP contribution in [0.1, 0.15) is 36.6 Å². The topological polar surface area (TPSA) is 77.2 Å². The lowest BCUT2D eigenvalue weighted by Gasteiger charge is -2.18. The lowest BCUT2D eigenvalue weighted by Crippen LogP contribution is -2.36. The van der Waals surface area contributed by atoms with Crippen molar-refractivity contribution in [2.45, 2.75) is 39.0 Å². The first-order chi connectivity index (χ1) is 17.6. The molecule has 37 heavy (non-hydrogen) atoms. The van der Waals surface area contributed by atoms with E-state index in [4.69, 9.17) is 9.26 Å². The number of benzene rings is 3. The predicted octanol–water partition coefficient (Wildman–Crippen LogP) is 6.61. The van der Waals surface area contributed by atoms with Gasteiger partial charge < -0.3 is 9.26 Å². The first-order valence-electron chi connectivity index (χ1n) is 11.6. The summed E-state index contributed by atoms with van der Waals surface area (Å²) in [6.07, 6.45) is -4.45. The van der Waals surface area contributed by atoms with E-state index in [-0.39, 0.29) is 23.5 Å². The fraction of sp³-hybridized carbons (Fsp3) is 0.250. The number of ether oxygens (including phenoxy) is 1. The Bertz CT molecular complexity index is 1400. The Morgan fingerprint density at radius 1 is 0.973 bits per heavy atom. The summed E-state index contributed by atoms with van der Waals surface area (Å²) in [6.45, 7) is 5.43. The Labute approximate surface area is 212 Å². The van der Waals surface area contributed by atoms with Crippen molar-refractivity contribution < 1.29 is 27.2 Å². The molecule has 4 rings (SSSR count). The van der Waals surface area contributed by atoms with Gasteiger partial charge in [-0.05, 0) is 61.2 Å². The molecule has 0 radical (unpaired) electrons. The Kier molecular flexibility index (Phi) is 7.45. The van der Waals surface area contributed by atoms with Crippen LogP contribution in [0.15, 0.2) is 71.3 Å². The van der Waals surface area contributed by atoms with E-state index in [1.807, 2.05) is 31.2 Å². The molecule has 0 amide bonds. The standard InChI is InChI=1S/C28H26F3N3O3/c1-16-15-21(13-14-22(16)23-7-5-6-8-24(23)28(29,30)31)26-33-25(34-37-26)20-11-9-19(10-12-20)17(2)32-18(3)27(35)36-4/h5-15,17-18,32H,1-4H3/t17-,18+/m0/s1. The highest BCUT2D eigenvalue weighted by molar-refractivity contribution is 5.75. The van der Waals surface area contributed by atoms with Crippen LogP contribution in [0.3, 0.4) is 0 Å². The highest BCUT2D eigenvalue weighted by Gasteiger charge is 2.33. The van der Waals surface area contributed by atoms with Crippen LogP contribution in [0.5, 0.6) is 0 Å². The normalized spacial score (nSPS) is 13.3. The minimum atomic E-state index is -4.45. The average Bonchev–Trinajstić information content (AvgIpc) is 3.38. The zero-order valence-electron chi connectivity index (χ0n) is 20.8. The molecule has 0 aliphatic carbocycles. The number of rotatable bonds is 7. The van der Waals surface area contributed by atoms with Gasteiger partial charge in [0.25, 0.3) is 5.89 Å². The van der Waals surface area contributed by atoms with Gasteiger partial charge in [-0.15, -0.1) is 0 Å². The largest absolute Gasteiger partial charge is 0.468 e. The van der Waals surface area contributed by atoms with Gasteiger partial charge in [0.15, 0.2) is 0 Å².